The van der Waals surface area contributed by atoms with Crippen molar-refractivity contribution in [1.29, 1.82) is 0 Å². The van der Waals surface area contributed by atoms with Gasteiger partial charge >= 0.3 is 0 Å². The average molecular weight is 163 g/mol. The highest BCUT2D eigenvalue weighted by molar-refractivity contribution is 5.24. The Hall–Kier alpha value is -0.960. The highest BCUT2D eigenvalue weighted by Crippen LogP contribution is 2.23. The van der Waals surface area contributed by atoms with Gasteiger partial charge in [-0.15, -0.1) is 0 Å². The van der Waals surface area contributed by atoms with Crippen LogP contribution in [0.3, 0.4) is 0 Å². The number of nitrogens with two attached hydrogens (primary N) is 1. The van der Waals surface area contributed by atoms with Gasteiger partial charge in [-0.2, -0.15) is 0 Å². The Morgan fingerprint density at radius 1 is 1.58 bits per heavy atom. The van der Waals surface area contributed by atoms with E-state index < -0.39 is 0 Å². The van der Waals surface area contributed by atoms with Crippen LogP contribution in [0, 0.1) is 12.8 Å². The van der Waals surface area contributed by atoms with E-state index in [1.807, 2.05) is 13.1 Å². The fourth-order valence-corrected chi connectivity index (χ4v) is 1.71. The molecule has 0 aromatic carbocycles. The molecule has 3 heteroatoms. The van der Waals surface area contributed by atoms with Crippen molar-refractivity contribution in [3.63, 3.8) is 0 Å². The predicted molar refractivity (Wildman–Crippen MR) is 46.7 cm³/mol. The number of nitrogens with zero attached hydrogens (tertiary/aromatic N) is 2. The zero-order valence-corrected chi connectivity index (χ0v) is 7.25. The van der Waals surface area contributed by atoms with Gasteiger partial charge in [-0.25, -0.2) is 9.97 Å². The van der Waals surface area contributed by atoms with Crippen LogP contribution in [-0.2, 0) is 12.8 Å². The Morgan fingerprint density at radius 3 is 3.17 bits per heavy atom. The molecule has 1 aromatic heterocycles. The van der Waals surface area contributed by atoms with Gasteiger partial charge in [0.25, 0.3) is 0 Å². The molecule has 1 aliphatic carbocycles. The quantitative estimate of drug-likeness (QED) is 0.654. The maximum atomic E-state index is 5.60. The highest BCUT2D eigenvalue weighted by atomic mass is 14.9. The summed E-state index contributed by atoms with van der Waals surface area (Å²) in [7, 11) is 0. The maximum absolute atomic E-state index is 5.60. The minimum absolute atomic E-state index is 0.594. The van der Waals surface area contributed by atoms with Crippen molar-refractivity contribution in [2.45, 2.75) is 19.8 Å². The maximum Gasteiger partial charge on any atom is 0.125 e. The van der Waals surface area contributed by atoms with Gasteiger partial charge in [0.15, 0.2) is 0 Å². The van der Waals surface area contributed by atoms with E-state index in [0.29, 0.717) is 5.92 Å². The zero-order chi connectivity index (χ0) is 8.55. The van der Waals surface area contributed by atoms with Crippen molar-refractivity contribution >= 4 is 0 Å². The lowest BCUT2D eigenvalue weighted by molar-refractivity contribution is 0.572. The fourth-order valence-electron chi connectivity index (χ4n) is 1.71. The molecule has 12 heavy (non-hydrogen) atoms. The third-order valence-electron chi connectivity index (χ3n) is 2.40. The lowest BCUT2D eigenvalue weighted by Crippen LogP contribution is -2.13. The molecule has 64 valence electrons. The molecular weight excluding hydrogens is 150 g/mol. The van der Waals surface area contributed by atoms with Crippen LogP contribution < -0.4 is 5.73 Å². The minimum Gasteiger partial charge on any atom is -0.330 e. The van der Waals surface area contributed by atoms with Crippen LogP contribution in [-0.4, -0.2) is 16.5 Å². The molecule has 0 aliphatic heterocycles. The number of fused-ring (bicyclic) bond motifs is 1. The first kappa shape index (κ1) is 7.68. The van der Waals surface area contributed by atoms with Gasteiger partial charge in [0, 0.05) is 11.9 Å². The van der Waals surface area contributed by atoms with Crippen LogP contribution in [0.2, 0.25) is 0 Å². The first-order valence-corrected chi connectivity index (χ1v) is 4.31. The van der Waals surface area contributed by atoms with Crippen molar-refractivity contribution < 1.29 is 0 Å². The molecule has 0 fully saturated rings. The molecule has 1 heterocycles. The summed E-state index contributed by atoms with van der Waals surface area (Å²) in [6, 6.07) is 0. The van der Waals surface area contributed by atoms with E-state index >= 15 is 0 Å². The average Bonchev–Trinajstić information content (AvgIpc) is 2.46. The van der Waals surface area contributed by atoms with Crippen molar-refractivity contribution in [2.24, 2.45) is 11.7 Å². The van der Waals surface area contributed by atoms with Gasteiger partial charge in [0.05, 0.1) is 0 Å². The van der Waals surface area contributed by atoms with Crippen molar-refractivity contribution in [3.05, 3.63) is 23.3 Å². The first-order chi connectivity index (χ1) is 5.79. The number of aryl methyl sites for hydroxylation is 1. The summed E-state index contributed by atoms with van der Waals surface area (Å²) < 4.78 is 0. The van der Waals surface area contributed by atoms with E-state index in [-0.39, 0.29) is 0 Å². The van der Waals surface area contributed by atoms with Crippen LogP contribution in [0.25, 0.3) is 0 Å². The van der Waals surface area contributed by atoms with Crippen molar-refractivity contribution in [1.82, 2.24) is 9.97 Å². The summed E-state index contributed by atoms with van der Waals surface area (Å²) in [5, 5.41) is 0. The Labute approximate surface area is 72.0 Å². The predicted octanol–water partition coefficient (Wildman–Crippen LogP) is 0.459. The van der Waals surface area contributed by atoms with E-state index in [0.717, 1.165) is 25.2 Å². The second-order valence-corrected chi connectivity index (χ2v) is 3.40. The summed E-state index contributed by atoms with van der Waals surface area (Å²) in [4.78, 5) is 8.55. The molecule has 0 amide bonds. The van der Waals surface area contributed by atoms with E-state index in [2.05, 4.69) is 9.97 Å². The summed E-state index contributed by atoms with van der Waals surface area (Å²) in [5.41, 5.74) is 8.10. The molecule has 0 saturated heterocycles. The third-order valence-corrected chi connectivity index (χ3v) is 2.40. The van der Waals surface area contributed by atoms with Gasteiger partial charge in [0.2, 0.25) is 0 Å². The van der Waals surface area contributed by atoms with Crippen LogP contribution >= 0.6 is 0 Å². The zero-order valence-electron chi connectivity index (χ0n) is 7.25. The molecule has 1 aromatic rings. The Balaban J connectivity index is 2.30. The summed E-state index contributed by atoms with van der Waals surface area (Å²) >= 11 is 0. The Bertz CT molecular complexity index is 296. The largest absolute Gasteiger partial charge is 0.330 e. The number of hydrogen-bond acceptors (Lipinski definition) is 3. The monoisotopic (exact) mass is 163 g/mol. The lowest BCUT2D eigenvalue weighted by Gasteiger charge is -2.00. The molecule has 0 radical (unpaired) electrons. The molecule has 0 saturated carbocycles. The first-order valence-electron chi connectivity index (χ1n) is 4.31. The Kier molecular flexibility index (Phi) is 1.81. The Morgan fingerprint density at radius 2 is 2.42 bits per heavy atom. The van der Waals surface area contributed by atoms with Crippen LogP contribution in [0.4, 0.5) is 0 Å². The molecule has 1 aliphatic rings. The third kappa shape index (κ3) is 1.20. The molecular formula is C9H13N3. The second-order valence-electron chi connectivity index (χ2n) is 3.40. The number of hydrogen-bond donors (Lipinski definition) is 1. The minimum atomic E-state index is 0.594. The summed E-state index contributed by atoms with van der Waals surface area (Å²) in [5.74, 6) is 1.46. The van der Waals surface area contributed by atoms with E-state index in [9.17, 15) is 0 Å². The molecule has 0 spiro atoms. The standard InChI is InChI=1S/C9H13N3/c1-6-11-5-8-2-7(4-10)3-9(8)12-6/h5,7H,2-4,10H2,1H3. The fraction of sp³-hybridized carbons (Fsp3) is 0.556. The number of rotatable bonds is 1. The van der Waals surface area contributed by atoms with Crippen LogP contribution in [0.5, 0.6) is 0 Å². The molecule has 1 unspecified atom stereocenters. The topological polar surface area (TPSA) is 51.8 Å². The molecule has 3 nitrogen and oxygen atoms in total. The van der Waals surface area contributed by atoms with E-state index in [4.69, 9.17) is 5.73 Å². The van der Waals surface area contributed by atoms with Crippen molar-refractivity contribution in [3.8, 4) is 0 Å². The molecule has 2 N–H and O–H groups in total. The van der Waals surface area contributed by atoms with Gasteiger partial charge in [0.1, 0.15) is 5.82 Å². The number of aromatic nitrogens is 2. The van der Waals surface area contributed by atoms with Gasteiger partial charge in [-0.3, -0.25) is 0 Å². The van der Waals surface area contributed by atoms with Gasteiger partial charge in [-0.1, -0.05) is 0 Å². The van der Waals surface area contributed by atoms with E-state index in [1.165, 1.54) is 11.3 Å². The second kappa shape index (κ2) is 2.83. The highest BCUT2D eigenvalue weighted by Gasteiger charge is 2.21. The van der Waals surface area contributed by atoms with E-state index in [1.54, 1.807) is 0 Å². The summed E-state index contributed by atoms with van der Waals surface area (Å²) in [6.07, 6.45) is 4.04. The molecule has 2 rings (SSSR count). The van der Waals surface area contributed by atoms with Gasteiger partial charge in [-0.05, 0) is 37.8 Å². The van der Waals surface area contributed by atoms with Crippen LogP contribution in [0.15, 0.2) is 6.20 Å². The summed E-state index contributed by atoms with van der Waals surface area (Å²) in [6.45, 7) is 2.69. The molecule has 1 atom stereocenters. The lowest BCUT2D eigenvalue weighted by atomic mass is 10.1. The SMILES string of the molecule is Cc1ncc2c(n1)CC(CN)C2. The molecule has 0 bridgehead atoms. The van der Waals surface area contributed by atoms with Crippen molar-refractivity contribution in [2.75, 3.05) is 6.54 Å². The van der Waals surface area contributed by atoms with Gasteiger partial charge < -0.3 is 5.73 Å². The smallest absolute Gasteiger partial charge is 0.125 e. The normalized spacial score (nSPS) is 21.0. The van der Waals surface area contributed by atoms with Crippen LogP contribution in [0.1, 0.15) is 17.1 Å².